The Hall–Kier alpha value is -5.17. The molecule has 17 N–H and O–H groups in total. The molecule has 65 heavy (non-hydrogen) atoms. The van der Waals surface area contributed by atoms with E-state index < -0.39 is 177 Å². The van der Waals surface area contributed by atoms with E-state index in [-0.39, 0.29) is 19.3 Å². The number of carbonyl (C=O) groups excluding carboxylic acids is 7. The molecule has 7 amide bonds. The number of ether oxygens (including phenoxy) is 4. The first kappa shape index (κ1) is 56.0. The molecule has 0 aromatic rings. The van der Waals surface area contributed by atoms with Gasteiger partial charge in [-0.25, -0.2) is 0 Å². The number of nitrogens with two attached hydrogens (primary N) is 2. The van der Waals surface area contributed by atoms with Crippen molar-refractivity contribution in [1.29, 1.82) is 0 Å². The topological polar surface area (TPSA) is 456 Å². The molecule has 0 radical (unpaired) electrons. The first-order valence-electron chi connectivity index (χ1n) is 20.5. The Morgan fingerprint density at radius 1 is 0.662 bits per heavy atom. The van der Waals surface area contributed by atoms with Crippen molar-refractivity contribution in [2.75, 3.05) is 13.2 Å². The monoisotopic (exact) mass is 938 g/mol. The molecule has 0 aliphatic carbocycles. The molecule has 2 saturated heterocycles. The predicted octanol–water partition coefficient (Wildman–Crippen LogP) is -7.79. The van der Waals surface area contributed by atoms with E-state index in [1.165, 1.54) is 20.8 Å². The highest BCUT2D eigenvalue weighted by molar-refractivity contribution is 5.93. The molecule has 16 atom stereocenters. The lowest BCUT2D eigenvalue weighted by Crippen LogP contribution is -2.70. The van der Waals surface area contributed by atoms with Crippen LogP contribution in [0.5, 0.6) is 0 Å². The highest BCUT2D eigenvalue weighted by Gasteiger charge is 2.53. The summed E-state index contributed by atoms with van der Waals surface area (Å²) in [5.74, 6) is -8.94. The number of aliphatic carboxylic acids is 2. The van der Waals surface area contributed by atoms with Gasteiger partial charge < -0.3 is 98.1 Å². The number of carboxylic acid groups (broad SMARTS) is 2. The first-order valence-corrected chi connectivity index (χ1v) is 20.5. The SMILES string of the molecule is CC(=O)NC1C(OC2C(CO)OC(O)C(NC(C)=O)C2OC(C)C(=O)NC(C)C(=O)NC(CCC(=O)NC(CCCC(N)C(=O)O)C(=O)NC(C)C(=O)O)C(N)=O)OC(CO)C(O)C1O. The lowest BCUT2D eigenvalue weighted by atomic mass is 9.94. The third kappa shape index (κ3) is 17.0. The molecular formula is C37H62N8O20. The van der Waals surface area contributed by atoms with E-state index in [1.54, 1.807) is 0 Å². The molecule has 28 nitrogen and oxygen atoms in total. The molecule has 0 saturated carbocycles. The summed E-state index contributed by atoms with van der Waals surface area (Å²) in [6.45, 7) is 4.02. The van der Waals surface area contributed by atoms with Crippen molar-refractivity contribution in [1.82, 2.24) is 31.9 Å². The Kier molecular flexibility index (Phi) is 22.5. The fraction of sp³-hybridized carbons (Fsp3) is 0.757. The Morgan fingerprint density at radius 3 is 1.78 bits per heavy atom. The molecule has 0 spiro atoms. The highest BCUT2D eigenvalue weighted by atomic mass is 16.7. The molecule has 370 valence electrons. The van der Waals surface area contributed by atoms with Gasteiger partial charge in [0.1, 0.15) is 85.0 Å². The second-order valence-corrected chi connectivity index (χ2v) is 15.5. The smallest absolute Gasteiger partial charge is 0.325 e. The van der Waals surface area contributed by atoms with Crippen LogP contribution in [-0.4, -0.2) is 200 Å². The van der Waals surface area contributed by atoms with Crippen LogP contribution in [0, 0.1) is 0 Å². The van der Waals surface area contributed by atoms with Crippen molar-refractivity contribution in [2.45, 2.75) is 164 Å². The van der Waals surface area contributed by atoms with Crippen molar-refractivity contribution in [3.8, 4) is 0 Å². The third-order valence-corrected chi connectivity index (χ3v) is 10.3. The molecular weight excluding hydrogens is 876 g/mol. The van der Waals surface area contributed by atoms with Crippen LogP contribution in [0.2, 0.25) is 0 Å². The number of carbonyl (C=O) groups is 9. The zero-order valence-electron chi connectivity index (χ0n) is 36.3. The fourth-order valence-electron chi connectivity index (χ4n) is 6.65. The lowest BCUT2D eigenvalue weighted by Gasteiger charge is -2.48. The van der Waals surface area contributed by atoms with E-state index in [0.29, 0.717) is 0 Å². The zero-order chi connectivity index (χ0) is 49.5. The van der Waals surface area contributed by atoms with Crippen LogP contribution in [0.4, 0.5) is 0 Å². The van der Waals surface area contributed by atoms with Crippen LogP contribution < -0.4 is 43.4 Å². The van der Waals surface area contributed by atoms with Gasteiger partial charge in [0, 0.05) is 20.3 Å². The van der Waals surface area contributed by atoms with E-state index >= 15 is 0 Å². The van der Waals surface area contributed by atoms with Crippen LogP contribution >= 0.6 is 0 Å². The third-order valence-electron chi connectivity index (χ3n) is 10.3. The summed E-state index contributed by atoms with van der Waals surface area (Å²) in [4.78, 5) is 111. The normalized spacial score (nSPS) is 28.1. The van der Waals surface area contributed by atoms with E-state index in [0.717, 1.165) is 13.8 Å². The minimum atomic E-state index is -1.89. The molecule has 2 aliphatic heterocycles. The maximum Gasteiger partial charge on any atom is 0.325 e. The van der Waals surface area contributed by atoms with Crippen LogP contribution in [0.25, 0.3) is 0 Å². The number of nitrogens with one attached hydrogen (secondary N) is 6. The number of hydrogen-bond donors (Lipinski definition) is 15. The highest BCUT2D eigenvalue weighted by Crippen LogP contribution is 2.31. The van der Waals surface area contributed by atoms with Gasteiger partial charge in [0.25, 0.3) is 0 Å². The molecule has 28 heteroatoms. The van der Waals surface area contributed by atoms with E-state index in [9.17, 15) is 68.7 Å². The van der Waals surface area contributed by atoms with Gasteiger partial charge in [0.15, 0.2) is 12.6 Å². The van der Waals surface area contributed by atoms with Crippen molar-refractivity contribution in [3.63, 3.8) is 0 Å². The summed E-state index contributed by atoms with van der Waals surface area (Å²) in [6.07, 6.45) is -16.0. The van der Waals surface area contributed by atoms with Gasteiger partial charge in [-0.3, -0.25) is 43.2 Å². The second kappa shape index (κ2) is 26.1. The minimum absolute atomic E-state index is 0.0311. The maximum atomic E-state index is 13.5. The van der Waals surface area contributed by atoms with Crippen LogP contribution in [-0.2, 0) is 62.1 Å². The number of amides is 7. The van der Waals surface area contributed by atoms with Gasteiger partial charge in [0.2, 0.25) is 41.4 Å². The standard InChI is InChI=1S/C37H62N8O20/c1-13(31(54)45-19(30(39)53)9-10-23(50)44-20(8-6-7-18(38)35(59)60)33(56)41-14(2)34(57)58)40-32(55)15(3)62-29-25(43-17(5)49)36(61)63-22(12-47)28(29)65-37-24(42-16(4)48)27(52)26(51)21(11-46)64-37/h13-15,18-22,24-29,36-37,46-47,51-52,61H,6-12,38H2,1-5H3,(H2,39,53)(H,40,55)(H,41,56)(H,42,48)(H,43,49)(H,44,50)(H,45,54)(H,57,58)(H,59,60). The number of carboxylic acids is 2. The van der Waals surface area contributed by atoms with Gasteiger partial charge in [-0.1, -0.05) is 0 Å². The number of primary amides is 1. The second-order valence-electron chi connectivity index (χ2n) is 15.5. The van der Waals surface area contributed by atoms with Crippen LogP contribution in [0.1, 0.15) is 66.7 Å². The minimum Gasteiger partial charge on any atom is -0.480 e. The van der Waals surface area contributed by atoms with Gasteiger partial charge in [-0.05, 0) is 46.5 Å². The lowest BCUT2D eigenvalue weighted by molar-refractivity contribution is -0.333. The van der Waals surface area contributed by atoms with Gasteiger partial charge in [-0.15, -0.1) is 0 Å². The van der Waals surface area contributed by atoms with Crippen LogP contribution in [0.3, 0.4) is 0 Å². The average molecular weight is 939 g/mol. The summed E-state index contributed by atoms with van der Waals surface area (Å²) in [5, 5.41) is 84.3. The Balaban J connectivity index is 2.21. The van der Waals surface area contributed by atoms with E-state index in [1.807, 2.05) is 0 Å². The van der Waals surface area contributed by atoms with Gasteiger partial charge >= 0.3 is 11.9 Å². The summed E-state index contributed by atoms with van der Waals surface area (Å²) in [7, 11) is 0. The molecule has 2 aliphatic rings. The van der Waals surface area contributed by atoms with Crippen LogP contribution in [0.15, 0.2) is 0 Å². The molecule has 16 unspecified atom stereocenters. The molecule has 0 bridgehead atoms. The molecule has 0 aromatic heterocycles. The Morgan fingerprint density at radius 2 is 1.25 bits per heavy atom. The van der Waals surface area contributed by atoms with Crippen molar-refractivity contribution in [2.24, 2.45) is 11.5 Å². The Labute approximate surface area is 371 Å². The average Bonchev–Trinajstić information content (AvgIpc) is 3.22. The maximum absolute atomic E-state index is 13.5. The summed E-state index contributed by atoms with van der Waals surface area (Å²) < 4.78 is 23.1. The Bertz CT molecular complexity index is 1690. The van der Waals surface area contributed by atoms with Crippen molar-refractivity contribution < 1.29 is 97.8 Å². The van der Waals surface area contributed by atoms with Crippen molar-refractivity contribution >= 4 is 53.3 Å². The van der Waals surface area contributed by atoms with E-state index in [2.05, 4.69) is 31.9 Å². The number of aliphatic hydroxyl groups excluding tert-OH is 5. The predicted molar refractivity (Wildman–Crippen MR) is 215 cm³/mol. The largest absolute Gasteiger partial charge is 0.480 e. The van der Waals surface area contributed by atoms with Gasteiger partial charge in [0.05, 0.1) is 13.2 Å². The quantitative estimate of drug-likeness (QED) is 0.0404. The fourth-order valence-corrected chi connectivity index (χ4v) is 6.65. The van der Waals surface area contributed by atoms with E-state index in [4.69, 9.17) is 40.6 Å². The molecule has 2 fully saturated rings. The summed E-state index contributed by atoms with van der Waals surface area (Å²) >= 11 is 0. The number of aliphatic hydroxyl groups is 5. The molecule has 2 rings (SSSR count). The van der Waals surface area contributed by atoms with Gasteiger partial charge in [-0.2, -0.15) is 0 Å². The summed E-state index contributed by atoms with van der Waals surface area (Å²) in [5.41, 5.74) is 11.0. The molecule has 2 heterocycles. The van der Waals surface area contributed by atoms with Crippen molar-refractivity contribution in [3.05, 3.63) is 0 Å². The number of hydrogen-bond acceptors (Lipinski definition) is 19. The summed E-state index contributed by atoms with van der Waals surface area (Å²) in [6, 6.07) is -9.96. The molecule has 0 aromatic carbocycles. The zero-order valence-corrected chi connectivity index (χ0v) is 36.3. The number of rotatable bonds is 25. The first-order chi connectivity index (χ1) is 30.3.